The second-order valence-electron chi connectivity index (χ2n) is 8.58. The third kappa shape index (κ3) is 6.23. The van der Waals surface area contributed by atoms with Crippen LogP contribution in [0.15, 0.2) is 48.5 Å². The minimum Gasteiger partial charge on any atom is -0.475 e. The van der Waals surface area contributed by atoms with Crippen molar-refractivity contribution in [3.63, 3.8) is 0 Å². The Kier molecular flexibility index (Phi) is 8.01. The zero-order valence-electron chi connectivity index (χ0n) is 19.4. The predicted octanol–water partition coefficient (Wildman–Crippen LogP) is 2.92. The number of carboxylic acid groups (broad SMARTS) is 1. The van der Waals surface area contributed by atoms with Gasteiger partial charge in [0.05, 0.1) is 17.2 Å². The molecule has 0 bridgehead atoms. The number of benzene rings is 2. The first-order valence-corrected chi connectivity index (χ1v) is 10.9. The van der Waals surface area contributed by atoms with Crippen molar-refractivity contribution < 1.29 is 45.8 Å². The fourth-order valence-corrected chi connectivity index (χ4v) is 3.93. The van der Waals surface area contributed by atoms with Gasteiger partial charge < -0.3 is 20.2 Å². The Labute approximate surface area is 212 Å². The monoisotopic (exact) mass is 542 g/mol. The first kappa shape index (κ1) is 28.5. The fraction of sp³-hybridized carbons (Fsp3) is 0.333. The maximum atomic E-state index is 13.3. The molecule has 2 N–H and O–H groups in total. The van der Waals surface area contributed by atoms with Crippen molar-refractivity contribution in [3.8, 4) is 6.07 Å². The number of halogens is 6. The molecule has 0 aliphatic carbocycles. The summed E-state index contributed by atoms with van der Waals surface area (Å²) in [6, 6.07) is 13.5. The highest BCUT2D eigenvalue weighted by Crippen LogP contribution is 2.32. The highest BCUT2D eigenvalue weighted by molar-refractivity contribution is 5.99. The molecule has 0 atom stereocenters. The normalized spacial score (nSPS) is 16.9. The number of nitrogens with zero attached hydrogens (tertiary/aromatic N) is 3. The minimum absolute atomic E-state index is 0.0646. The average Bonchev–Trinajstić information content (AvgIpc) is 2.81. The van der Waals surface area contributed by atoms with Gasteiger partial charge in [0.2, 0.25) is 5.91 Å². The Morgan fingerprint density at radius 1 is 0.947 bits per heavy atom. The Morgan fingerprint density at radius 2 is 1.45 bits per heavy atom. The number of carbonyl (C=O) groups is 3. The van der Waals surface area contributed by atoms with Gasteiger partial charge >= 0.3 is 18.3 Å². The summed E-state index contributed by atoms with van der Waals surface area (Å²) < 4.78 is 70.1. The number of aliphatic carboxylic acids is 1. The average molecular weight is 542 g/mol. The summed E-state index contributed by atoms with van der Waals surface area (Å²) in [5.41, 5.74) is 0.0442. The number of rotatable bonds is 4. The molecule has 2 saturated heterocycles. The van der Waals surface area contributed by atoms with Gasteiger partial charge in [0.25, 0.3) is 5.91 Å². The van der Waals surface area contributed by atoms with E-state index in [0.29, 0.717) is 24.2 Å². The molecule has 0 aromatic heterocycles. The molecule has 38 heavy (non-hydrogen) atoms. The lowest BCUT2D eigenvalue weighted by molar-refractivity contribution is -0.192. The maximum absolute atomic E-state index is 13.3. The summed E-state index contributed by atoms with van der Waals surface area (Å²) in [5, 5.41) is 19.1. The van der Waals surface area contributed by atoms with Crippen LogP contribution in [0.4, 0.5) is 26.3 Å². The van der Waals surface area contributed by atoms with Crippen LogP contribution in [0, 0.1) is 11.3 Å². The van der Waals surface area contributed by atoms with Crippen LogP contribution in [-0.4, -0.2) is 64.0 Å². The van der Waals surface area contributed by atoms with Crippen molar-refractivity contribution in [2.24, 2.45) is 0 Å². The summed E-state index contributed by atoms with van der Waals surface area (Å²) in [7, 11) is 0. The first-order chi connectivity index (χ1) is 17.7. The lowest BCUT2D eigenvalue weighted by Gasteiger charge is -2.54. The van der Waals surface area contributed by atoms with E-state index in [4.69, 9.17) is 15.2 Å². The topological polar surface area (TPSA) is 114 Å². The molecule has 8 nitrogen and oxygen atoms in total. The van der Waals surface area contributed by atoms with Crippen molar-refractivity contribution in [1.29, 1.82) is 5.26 Å². The van der Waals surface area contributed by atoms with Crippen LogP contribution in [0.5, 0.6) is 0 Å². The summed E-state index contributed by atoms with van der Waals surface area (Å²) >= 11 is 0. The lowest BCUT2D eigenvalue weighted by Crippen LogP contribution is -2.79. The van der Waals surface area contributed by atoms with E-state index >= 15 is 0 Å². The summed E-state index contributed by atoms with van der Waals surface area (Å²) in [4.78, 5) is 38.1. The van der Waals surface area contributed by atoms with Crippen molar-refractivity contribution >= 4 is 17.8 Å². The number of carbonyl (C=O) groups excluding carboxylic acids is 2. The number of alkyl halides is 6. The highest BCUT2D eigenvalue weighted by atomic mass is 19.4. The van der Waals surface area contributed by atoms with Crippen molar-refractivity contribution in [2.75, 3.05) is 19.6 Å². The van der Waals surface area contributed by atoms with Gasteiger partial charge in [0.15, 0.2) is 0 Å². The largest absolute Gasteiger partial charge is 0.490 e. The number of carboxylic acids is 1. The number of hydrogen-bond donors (Lipinski definition) is 2. The number of hydrogen-bond acceptors (Lipinski definition) is 5. The standard InChI is InChI=1S/C22H19F3N4O2.C2HF3O2/c23-22(24,25)18-7-5-17(6-8-18)11-29-19(30)12-28(20(31)21(29)13-27-14-21)10-16-3-1-15(9-26)2-4-16;3-2(4,5)1(6)7/h1-8,27H,10-14H2;(H,6,7). The molecule has 2 amide bonds. The van der Waals surface area contributed by atoms with E-state index in [2.05, 4.69) is 5.32 Å². The van der Waals surface area contributed by atoms with Gasteiger partial charge in [-0.05, 0) is 35.4 Å². The van der Waals surface area contributed by atoms with Crippen molar-refractivity contribution in [2.45, 2.75) is 31.0 Å². The molecule has 2 aliphatic heterocycles. The number of nitrogens with one attached hydrogen (secondary N) is 1. The van der Waals surface area contributed by atoms with Crippen LogP contribution in [0.3, 0.4) is 0 Å². The summed E-state index contributed by atoms with van der Waals surface area (Å²) in [6.07, 6.45) is -9.51. The molecular weight excluding hydrogens is 522 g/mol. The van der Waals surface area contributed by atoms with E-state index in [-0.39, 0.29) is 31.4 Å². The molecule has 2 aliphatic rings. The third-order valence-electron chi connectivity index (χ3n) is 5.98. The third-order valence-corrected chi connectivity index (χ3v) is 5.98. The van der Waals surface area contributed by atoms with Crippen LogP contribution in [-0.2, 0) is 33.6 Å². The van der Waals surface area contributed by atoms with Crippen LogP contribution in [0.25, 0.3) is 0 Å². The van der Waals surface area contributed by atoms with Crippen molar-refractivity contribution in [3.05, 3.63) is 70.8 Å². The SMILES string of the molecule is N#Cc1ccc(CN2CC(=O)N(Cc3ccc(C(F)(F)F)cc3)C3(CNC3)C2=O)cc1.O=C(O)C(F)(F)F. The van der Waals surface area contributed by atoms with Gasteiger partial charge in [-0.3, -0.25) is 9.59 Å². The van der Waals surface area contributed by atoms with Crippen LogP contribution in [0.1, 0.15) is 22.3 Å². The van der Waals surface area contributed by atoms with E-state index < -0.39 is 29.4 Å². The molecule has 2 aromatic carbocycles. The quantitative estimate of drug-likeness (QED) is 0.575. The van der Waals surface area contributed by atoms with Crippen LogP contribution >= 0.6 is 0 Å². The summed E-state index contributed by atoms with van der Waals surface area (Å²) in [6.45, 7) is 0.784. The Hall–Kier alpha value is -4.12. The lowest BCUT2D eigenvalue weighted by atomic mass is 9.85. The molecule has 14 heteroatoms. The highest BCUT2D eigenvalue weighted by Gasteiger charge is 2.56. The Bertz CT molecular complexity index is 1230. The Morgan fingerprint density at radius 3 is 1.87 bits per heavy atom. The predicted molar refractivity (Wildman–Crippen MR) is 118 cm³/mol. The van der Waals surface area contributed by atoms with Gasteiger partial charge in [0, 0.05) is 26.2 Å². The van der Waals surface area contributed by atoms with Gasteiger partial charge in [-0.1, -0.05) is 24.3 Å². The molecule has 0 saturated carbocycles. The van der Waals surface area contributed by atoms with E-state index in [1.54, 1.807) is 24.3 Å². The molecule has 1 spiro atoms. The zero-order chi connectivity index (χ0) is 28.3. The minimum atomic E-state index is -5.08. The van der Waals surface area contributed by atoms with Gasteiger partial charge in [-0.25, -0.2) is 4.79 Å². The molecule has 2 fully saturated rings. The summed E-state index contributed by atoms with van der Waals surface area (Å²) in [5.74, 6) is -3.20. The van der Waals surface area contributed by atoms with Crippen LogP contribution in [0.2, 0.25) is 0 Å². The molecule has 2 aromatic rings. The fourth-order valence-electron chi connectivity index (χ4n) is 3.93. The van der Waals surface area contributed by atoms with E-state index in [1.807, 2.05) is 6.07 Å². The number of piperazine rings is 1. The van der Waals surface area contributed by atoms with Gasteiger partial charge in [-0.2, -0.15) is 31.6 Å². The molecule has 202 valence electrons. The van der Waals surface area contributed by atoms with E-state index in [0.717, 1.165) is 17.7 Å². The molecule has 4 rings (SSSR count). The number of amides is 2. The first-order valence-electron chi connectivity index (χ1n) is 10.9. The second kappa shape index (κ2) is 10.7. The molecule has 2 heterocycles. The van der Waals surface area contributed by atoms with Crippen molar-refractivity contribution in [1.82, 2.24) is 15.1 Å². The van der Waals surface area contributed by atoms with Crippen LogP contribution < -0.4 is 5.32 Å². The van der Waals surface area contributed by atoms with E-state index in [9.17, 15) is 35.9 Å². The smallest absolute Gasteiger partial charge is 0.475 e. The molecule has 0 radical (unpaired) electrons. The second-order valence-corrected chi connectivity index (χ2v) is 8.58. The molecular formula is C24H20F6N4O4. The zero-order valence-corrected chi connectivity index (χ0v) is 19.4. The van der Waals surface area contributed by atoms with E-state index in [1.165, 1.54) is 21.9 Å². The number of nitriles is 1. The molecule has 0 unspecified atom stereocenters. The van der Waals surface area contributed by atoms with Gasteiger partial charge in [-0.15, -0.1) is 0 Å². The Balaban J connectivity index is 0.000000505. The maximum Gasteiger partial charge on any atom is 0.490 e. The van der Waals surface area contributed by atoms with Gasteiger partial charge in [0.1, 0.15) is 12.1 Å².